The number of aromatic nitrogens is 3. The number of nitrogens with zero attached hydrogens (tertiary/aromatic N) is 3. The molecule has 0 aliphatic heterocycles. The number of benzene rings is 3. The first-order valence-electron chi connectivity index (χ1n) is 8.20. The summed E-state index contributed by atoms with van der Waals surface area (Å²) in [7, 11) is 1.86. The van der Waals surface area contributed by atoms with Crippen LogP contribution in [0.15, 0.2) is 72.8 Å². The standard InChI is InChI=1S/C21H17N3O2/c1-24-21(22-20(23-24)16-8-12-19(26)13-9-16)17-4-2-14(3-5-17)15-6-10-18(25)11-7-15/h2-13,25-26H,1H3. The molecule has 0 radical (unpaired) electrons. The maximum atomic E-state index is 9.42. The van der Waals surface area contributed by atoms with Crippen molar-refractivity contribution in [2.45, 2.75) is 0 Å². The van der Waals surface area contributed by atoms with Crippen LogP contribution in [0, 0.1) is 0 Å². The van der Waals surface area contributed by atoms with Gasteiger partial charge in [-0.3, -0.25) is 0 Å². The summed E-state index contributed by atoms with van der Waals surface area (Å²) in [6.45, 7) is 0. The Bertz CT molecular complexity index is 1030. The van der Waals surface area contributed by atoms with Crippen molar-refractivity contribution in [3.63, 3.8) is 0 Å². The van der Waals surface area contributed by atoms with Gasteiger partial charge in [0.1, 0.15) is 11.5 Å². The lowest BCUT2D eigenvalue weighted by Gasteiger charge is -2.04. The van der Waals surface area contributed by atoms with Crippen molar-refractivity contribution in [3.05, 3.63) is 72.8 Å². The Morgan fingerprint density at radius 1 is 0.615 bits per heavy atom. The molecule has 3 aromatic carbocycles. The highest BCUT2D eigenvalue weighted by atomic mass is 16.3. The zero-order valence-corrected chi connectivity index (χ0v) is 14.2. The molecule has 4 aromatic rings. The van der Waals surface area contributed by atoms with Gasteiger partial charge in [0.15, 0.2) is 11.6 Å². The van der Waals surface area contributed by atoms with Crippen LogP contribution in [0.3, 0.4) is 0 Å². The molecule has 5 nitrogen and oxygen atoms in total. The Hall–Kier alpha value is -3.60. The lowest BCUT2D eigenvalue weighted by molar-refractivity contribution is 0.475. The topological polar surface area (TPSA) is 71.2 Å². The highest BCUT2D eigenvalue weighted by Gasteiger charge is 2.11. The molecule has 0 saturated carbocycles. The largest absolute Gasteiger partial charge is 0.508 e. The Balaban J connectivity index is 1.65. The van der Waals surface area contributed by atoms with Crippen LogP contribution in [0.2, 0.25) is 0 Å². The van der Waals surface area contributed by atoms with Crippen LogP contribution in [0.4, 0.5) is 0 Å². The molecule has 1 heterocycles. The van der Waals surface area contributed by atoms with Crippen LogP contribution in [0.5, 0.6) is 11.5 Å². The van der Waals surface area contributed by atoms with Gasteiger partial charge < -0.3 is 10.2 Å². The second-order valence-electron chi connectivity index (χ2n) is 6.05. The summed E-state index contributed by atoms with van der Waals surface area (Å²) in [6, 6.07) is 22.0. The predicted octanol–water partition coefficient (Wildman–Crippen LogP) is 4.23. The molecule has 26 heavy (non-hydrogen) atoms. The van der Waals surface area contributed by atoms with Crippen LogP contribution >= 0.6 is 0 Å². The van der Waals surface area contributed by atoms with Crippen molar-refractivity contribution in [1.29, 1.82) is 0 Å². The number of rotatable bonds is 3. The molecule has 0 amide bonds. The molecule has 0 fully saturated rings. The quantitative estimate of drug-likeness (QED) is 0.584. The van der Waals surface area contributed by atoms with Crippen molar-refractivity contribution in [1.82, 2.24) is 14.8 Å². The molecule has 0 spiro atoms. The fourth-order valence-electron chi connectivity index (χ4n) is 2.83. The van der Waals surface area contributed by atoms with Crippen molar-refractivity contribution in [3.8, 4) is 45.4 Å². The van der Waals surface area contributed by atoms with Gasteiger partial charge >= 0.3 is 0 Å². The zero-order valence-electron chi connectivity index (χ0n) is 14.2. The highest BCUT2D eigenvalue weighted by molar-refractivity contribution is 5.69. The summed E-state index contributed by atoms with van der Waals surface area (Å²) >= 11 is 0. The molecule has 0 aliphatic carbocycles. The van der Waals surface area contributed by atoms with E-state index in [9.17, 15) is 10.2 Å². The van der Waals surface area contributed by atoms with E-state index in [4.69, 9.17) is 0 Å². The minimum atomic E-state index is 0.217. The Labute approximate surface area is 150 Å². The summed E-state index contributed by atoms with van der Waals surface area (Å²) in [5.41, 5.74) is 3.92. The van der Waals surface area contributed by atoms with Crippen LogP contribution in [-0.4, -0.2) is 25.0 Å². The first kappa shape index (κ1) is 15.9. The Morgan fingerprint density at radius 2 is 1.04 bits per heavy atom. The van der Waals surface area contributed by atoms with Gasteiger partial charge in [0.25, 0.3) is 0 Å². The average molecular weight is 343 g/mol. The van der Waals surface area contributed by atoms with E-state index >= 15 is 0 Å². The maximum Gasteiger partial charge on any atom is 0.181 e. The number of hydrogen-bond acceptors (Lipinski definition) is 4. The normalized spacial score (nSPS) is 10.8. The first-order valence-corrected chi connectivity index (χ1v) is 8.20. The smallest absolute Gasteiger partial charge is 0.181 e. The Kier molecular flexibility index (Phi) is 3.89. The third-order valence-electron chi connectivity index (χ3n) is 4.23. The molecule has 0 atom stereocenters. The van der Waals surface area contributed by atoms with Crippen LogP contribution in [0.25, 0.3) is 33.9 Å². The molecule has 0 bridgehead atoms. The van der Waals surface area contributed by atoms with Gasteiger partial charge in [-0.15, -0.1) is 0 Å². The molecular formula is C21H17N3O2. The highest BCUT2D eigenvalue weighted by Crippen LogP contribution is 2.27. The SMILES string of the molecule is Cn1nc(-c2ccc(O)cc2)nc1-c1ccc(-c2ccc(O)cc2)cc1. The molecule has 0 saturated heterocycles. The number of aryl methyl sites for hydroxylation is 1. The van der Waals surface area contributed by atoms with Crippen molar-refractivity contribution in [2.75, 3.05) is 0 Å². The summed E-state index contributed by atoms with van der Waals surface area (Å²) in [5.74, 6) is 1.86. The van der Waals surface area contributed by atoms with Crippen molar-refractivity contribution >= 4 is 0 Å². The zero-order chi connectivity index (χ0) is 18.1. The number of phenolic OH excluding ortho intramolecular Hbond substituents is 2. The van der Waals surface area contributed by atoms with Gasteiger partial charge in [0.2, 0.25) is 0 Å². The first-order chi connectivity index (χ1) is 12.6. The Morgan fingerprint density at radius 3 is 1.58 bits per heavy atom. The minimum Gasteiger partial charge on any atom is -0.508 e. The second kappa shape index (κ2) is 6.37. The predicted molar refractivity (Wildman–Crippen MR) is 101 cm³/mol. The number of phenols is 2. The molecular weight excluding hydrogens is 326 g/mol. The number of hydrogen-bond donors (Lipinski definition) is 2. The van der Waals surface area contributed by atoms with E-state index in [-0.39, 0.29) is 11.5 Å². The van der Waals surface area contributed by atoms with Crippen molar-refractivity contribution < 1.29 is 10.2 Å². The van der Waals surface area contributed by atoms with Gasteiger partial charge in [0.05, 0.1) is 0 Å². The summed E-state index contributed by atoms with van der Waals surface area (Å²) < 4.78 is 1.75. The molecule has 128 valence electrons. The van der Waals surface area contributed by atoms with Crippen LogP contribution in [-0.2, 0) is 7.05 Å². The van der Waals surface area contributed by atoms with Gasteiger partial charge in [-0.05, 0) is 47.5 Å². The van der Waals surface area contributed by atoms with Crippen LogP contribution < -0.4 is 0 Å². The lowest BCUT2D eigenvalue weighted by atomic mass is 10.0. The molecule has 0 unspecified atom stereocenters. The third-order valence-corrected chi connectivity index (χ3v) is 4.23. The van der Waals surface area contributed by atoms with Gasteiger partial charge in [-0.1, -0.05) is 36.4 Å². The van der Waals surface area contributed by atoms with Crippen LogP contribution in [0.1, 0.15) is 0 Å². The van der Waals surface area contributed by atoms with E-state index in [0.29, 0.717) is 5.82 Å². The summed E-state index contributed by atoms with van der Waals surface area (Å²) in [6.07, 6.45) is 0. The number of aromatic hydroxyl groups is 2. The molecule has 1 aromatic heterocycles. The fraction of sp³-hybridized carbons (Fsp3) is 0.0476. The monoisotopic (exact) mass is 343 g/mol. The minimum absolute atomic E-state index is 0.217. The van der Waals surface area contributed by atoms with E-state index in [1.807, 2.05) is 43.4 Å². The van der Waals surface area contributed by atoms with E-state index in [1.165, 1.54) is 0 Å². The van der Waals surface area contributed by atoms with Gasteiger partial charge in [0, 0.05) is 18.2 Å². The van der Waals surface area contributed by atoms with E-state index in [0.717, 1.165) is 28.1 Å². The van der Waals surface area contributed by atoms with Gasteiger partial charge in [-0.2, -0.15) is 5.10 Å². The van der Waals surface area contributed by atoms with E-state index < -0.39 is 0 Å². The van der Waals surface area contributed by atoms with E-state index in [2.05, 4.69) is 10.1 Å². The summed E-state index contributed by atoms with van der Waals surface area (Å²) in [4.78, 5) is 4.63. The van der Waals surface area contributed by atoms with Crippen molar-refractivity contribution in [2.24, 2.45) is 7.05 Å². The molecule has 0 aliphatic rings. The average Bonchev–Trinajstić information content (AvgIpc) is 3.05. The van der Waals surface area contributed by atoms with E-state index in [1.54, 1.807) is 41.1 Å². The fourth-order valence-corrected chi connectivity index (χ4v) is 2.83. The second-order valence-corrected chi connectivity index (χ2v) is 6.05. The molecule has 2 N–H and O–H groups in total. The lowest BCUT2D eigenvalue weighted by Crippen LogP contribution is -1.94. The summed E-state index contributed by atoms with van der Waals surface area (Å²) in [5, 5.41) is 23.3. The molecule has 4 rings (SSSR count). The van der Waals surface area contributed by atoms with Gasteiger partial charge in [-0.25, -0.2) is 9.67 Å². The maximum absolute atomic E-state index is 9.42. The third kappa shape index (κ3) is 3.02. The molecule has 5 heteroatoms.